The molecule has 1 aromatic carbocycles. The first-order valence-electron chi connectivity index (χ1n) is 8.21. The first-order valence-corrected chi connectivity index (χ1v) is 11.2. The molecule has 140 valence electrons. The van der Waals surface area contributed by atoms with Gasteiger partial charge in [0.05, 0.1) is 6.04 Å². The predicted octanol–water partition coefficient (Wildman–Crippen LogP) is 2.90. The highest BCUT2D eigenvalue weighted by Gasteiger charge is 2.28. The molecule has 1 aliphatic heterocycles. The number of aromatic nitrogens is 1. The van der Waals surface area contributed by atoms with Gasteiger partial charge in [-0.25, -0.2) is 8.42 Å². The molecule has 0 spiro atoms. The number of rotatable bonds is 5. The van der Waals surface area contributed by atoms with Crippen LogP contribution in [-0.2, 0) is 10.0 Å². The zero-order chi connectivity index (χ0) is 18.7. The Morgan fingerprint density at radius 3 is 2.69 bits per heavy atom. The molecule has 1 atom stereocenters. The molecule has 26 heavy (non-hydrogen) atoms. The zero-order valence-corrected chi connectivity index (χ0v) is 16.6. The number of hydrogen-bond acceptors (Lipinski definition) is 4. The Bertz CT molecular complexity index is 892. The number of halogens is 1. The molecule has 1 aliphatic rings. The quantitative estimate of drug-likeness (QED) is 0.789. The van der Waals surface area contributed by atoms with E-state index < -0.39 is 10.0 Å². The van der Waals surface area contributed by atoms with Crippen LogP contribution in [0.2, 0.25) is 5.02 Å². The zero-order valence-electron chi connectivity index (χ0n) is 14.2. The number of nitrogens with one attached hydrogen (secondary N) is 2. The van der Waals surface area contributed by atoms with E-state index in [-0.39, 0.29) is 22.5 Å². The highest BCUT2D eigenvalue weighted by Crippen LogP contribution is 2.23. The average molecular weight is 414 g/mol. The van der Waals surface area contributed by atoms with E-state index in [0.717, 1.165) is 17.1 Å². The SMILES string of the molecule is CC(NC(=O)c1cc(S(=O)(=O)N2CCSCC2)c[nH]1)c1ccccc1Cl. The van der Waals surface area contributed by atoms with Gasteiger partial charge in [-0.3, -0.25) is 4.79 Å². The fourth-order valence-corrected chi connectivity index (χ4v) is 5.64. The van der Waals surface area contributed by atoms with Crippen molar-refractivity contribution in [2.45, 2.75) is 17.9 Å². The molecular weight excluding hydrogens is 394 g/mol. The van der Waals surface area contributed by atoms with Crippen molar-refractivity contribution < 1.29 is 13.2 Å². The Labute approximate surface area is 162 Å². The van der Waals surface area contributed by atoms with Crippen molar-refractivity contribution in [2.24, 2.45) is 0 Å². The van der Waals surface area contributed by atoms with Crippen molar-refractivity contribution in [2.75, 3.05) is 24.6 Å². The van der Waals surface area contributed by atoms with Gasteiger partial charge in [0.15, 0.2) is 0 Å². The van der Waals surface area contributed by atoms with E-state index in [9.17, 15) is 13.2 Å². The third-order valence-electron chi connectivity index (χ3n) is 4.23. The number of thioether (sulfide) groups is 1. The minimum atomic E-state index is -3.57. The number of benzene rings is 1. The van der Waals surface area contributed by atoms with E-state index in [1.807, 2.05) is 25.1 Å². The molecule has 6 nitrogen and oxygen atoms in total. The molecule has 2 heterocycles. The molecule has 1 saturated heterocycles. The number of hydrogen-bond donors (Lipinski definition) is 2. The van der Waals surface area contributed by atoms with Crippen molar-refractivity contribution in [3.05, 3.63) is 52.8 Å². The molecule has 2 N–H and O–H groups in total. The van der Waals surface area contributed by atoms with Gasteiger partial charge in [-0.2, -0.15) is 16.1 Å². The van der Waals surface area contributed by atoms with Crippen LogP contribution in [0.15, 0.2) is 41.4 Å². The summed E-state index contributed by atoms with van der Waals surface area (Å²) in [4.78, 5) is 15.3. The summed E-state index contributed by atoms with van der Waals surface area (Å²) in [6, 6.07) is 8.34. The molecule has 1 fully saturated rings. The van der Waals surface area contributed by atoms with Gasteiger partial charge < -0.3 is 10.3 Å². The second-order valence-electron chi connectivity index (χ2n) is 5.98. The molecule has 9 heteroatoms. The van der Waals surface area contributed by atoms with Crippen molar-refractivity contribution >= 4 is 39.3 Å². The number of sulfonamides is 1. The van der Waals surface area contributed by atoms with Crippen molar-refractivity contribution in [1.29, 1.82) is 0 Å². The lowest BCUT2D eigenvalue weighted by Crippen LogP contribution is -2.37. The minimum Gasteiger partial charge on any atom is -0.356 e. The van der Waals surface area contributed by atoms with Crippen LogP contribution in [-0.4, -0.2) is 48.2 Å². The summed E-state index contributed by atoms with van der Waals surface area (Å²) in [5.74, 6) is 1.19. The summed E-state index contributed by atoms with van der Waals surface area (Å²) >= 11 is 7.89. The van der Waals surface area contributed by atoms with Crippen LogP contribution in [0.4, 0.5) is 0 Å². The summed E-state index contributed by atoms with van der Waals surface area (Å²) in [5, 5.41) is 3.40. The second kappa shape index (κ2) is 8.04. The van der Waals surface area contributed by atoms with Gasteiger partial charge in [0.2, 0.25) is 10.0 Å². The van der Waals surface area contributed by atoms with Crippen molar-refractivity contribution in [3.8, 4) is 0 Å². The van der Waals surface area contributed by atoms with Gasteiger partial charge in [0, 0.05) is 35.8 Å². The van der Waals surface area contributed by atoms with Crippen LogP contribution < -0.4 is 5.32 Å². The number of aromatic amines is 1. The van der Waals surface area contributed by atoms with E-state index in [1.165, 1.54) is 16.6 Å². The average Bonchev–Trinajstić information content (AvgIpc) is 3.14. The lowest BCUT2D eigenvalue weighted by molar-refractivity contribution is 0.0935. The van der Waals surface area contributed by atoms with E-state index in [4.69, 9.17) is 11.6 Å². The number of carbonyl (C=O) groups excluding carboxylic acids is 1. The topological polar surface area (TPSA) is 82.3 Å². The normalized spacial score (nSPS) is 17.0. The summed E-state index contributed by atoms with van der Waals surface area (Å²) in [6.45, 7) is 2.80. The summed E-state index contributed by atoms with van der Waals surface area (Å²) < 4.78 is 26.8. The first-order chi connectivity index (χ1) is 12.4. The molecule has 1 unspecified atom stereocenters. The molecule has 0 radical (unpaired) electrons. The lowest BCUT2D eigenvalue weighted by atomic mass is 10.1. The molecule has 3 rings (SSSR count). The van der Waals surface area contributed by atoms with Crippen molar-refractivity contribution in [3.63, 3.8) is 0 Å². The highest BCUT2D eigenvalue weighted by molar-refractivity contribution is 7.99. The largest absolute Gasteiger partial charge is 0.356 e. The van der Waals surface area contributed by atoms with Crippen LogP contribution in [0.3, 0.4) is 0 Å². The maximum Gasteiger partial charge on any atom is 0.268 e. The van der Waals surface area contributed by atoms with E-state index in [0.29, 0.717) is 18.1 Å². The summed E-state index contributed by atoms with van der Waals surface area (Å²) in [5.41, 5.74) is 1.00. The summed E-state index contributed by atoms with van der Waals surface area (Å²) in [6.07, 6.45) is 1.37. The van der Waals surface area contributed by atoms with E-state index >= 15 is 0 Å². The van der Waals surface area contributed by atoms with Crippen LogP contribution in [0, 0.1) is 0 Å². The smallest absolute Gasteiger partial charge is 0.268 e. The molecule has 1 amide bonds. The Kier molecular flexibility index (Phi) is 5.96. The molecule has 2 aromatic rings. The van der Waals surface area contributed by atoms with Crippen LogP contribution >= 0.6 is 23.4 Å². The fraction of sp³-hybridized carbons (Fsp3) is 0.353. The van der Waals surface area contributed by atoms with E-state index in [1.54, 1.807) is 17.8 Å². The number of nitrogens with zero attached hydrogens (tertiary/aromatic N) is 1. The Balaban J connectivity index is 1.73. The number of H-pyrrole nitrogens is 1. The first kappa shape index (κ1) is 19.3. The van der Waals surface area contributed by atoms with Crippen LogP contribution in [0.5, 0.6) is 0 Å². The maximum absolute atomic E-state index is 12.7. The molecule has 0 bridgehead atoms. The Morgan fingerprint density at radius 1 is 1.31 bits per heavy atom. The second-order valence-corrected chi connectivity index (χ2v) is 9.55. The van der Waals surface area contributed by atoms with Gasteiger partial charge in [0.25, 0.3) is 5.91 Å². The maximum atomic E-state index is 12.7. The van der Waals surface area contributed by atoms with Gasteiger partial charge in [-0.1, -0.05) is 29.8 Å². The van der Waals surface area contributed by atoms with Gasteiger partial charge in [-0.15, -0.1) is 0 Å². The lowest BCUT2D eigenvalue weighted by Gasteiger charge is -2.24. The molecule has 1 aromatic heterocycles. The monoisotopic (exact) mass is 413 g/mol. The standard InChI is InChI=1S/C17H20ClN3O3S2/c1-12(14-4-2-3-5-15(14)18)20-17(22)16-10-13(11-19-16)26(23,24)21-6-8-25-9-7-21/h2-5,10-12,19H,6-9H2,1H3,(H,20,22). The molecular formula is C17H20ClN3O3S2. The van der Waals surface area contributed by atoms with Crippen LogP contribution in [0.25, 0.3) is 0 Å². The Morgan fingerprint density at radius 2 is 2.00 bits per heavy atom. The third-order valence-corrected chi connectivity index (χ3v) is 7.39. The molecule has 0 aliphatic carbocycles. The highest BCUT2D eigenvalue weighted by atomic mass is 35.5. The number of amides is 1. The fourth-order valence-electron chi connectivity index (χ4n) is 2.77. The van der Waals surface area contributed by atoms with Crippen molar-refractivity contribution in [1.82, 2.24) is 14.6 Å². The Hall–Kier alpha value is -1.48. The minimum absolute atomic E-state index is 0.111. The van der Waals surface area contributed by atoms with Crippen LogP contribution in [0.1, 0.15) is 29.0 Å². The molecule has 0 saturated carbocycles. The van der Waals surface area contributed by atoms with Gasteiger partial charge in [0.1, 0.15) is 10.6 Å². The van der Waals surface area contributed by atoms with E-state index in [2.05, 4.69) is 10.3 Å². The predicted molar refractivity (Wildman–Crippen MR) is 104 cm³/mol. The van der Waals surface area contributed by atoms with Gasteiger partial charge in [-0.05, 0) is 24.6 Å². The number of carbonyl (C=O) groups is 1. The summed E-state index contributed by atoms with van der Waals surface area (Å²) in [7, 11) is -3.57. The third kappa shape index (κ3) is 4.09. The van der Waals surface area contributed by atoms with Gasteiger partial charge >= 0.3 is 0 Å².